The van der Waals surface area contributed by atoms with Crippen LogP contribution in [-0.4, -0.2) is 57.6 Å². The molecule has 2 aromatic rings. The van der Waals surface area contributed by atoms with Crippen LogP contribution < -0.4 is 10.3 Å². The van der Waals surface area contributed by atoms with Crippen molar-refractivity contribution < 1.29 is 18.1 Å². The Labute approximate surface area is 169 Å². The number of quaternary nitrogens is 1. The normalized spacial score (nSPS) is 16.5. The quantitative estimate of drug-likeness (QED) is 0.523. The number of hydrogen-bond donors (Lipinski definition) is 2. The highest BCUT2D eigenvalue weighted by Gasteiger charge is 2.31. The van der Waals surface area contributed by atoms with Crippen LogP contribution in [0.25, 0.3) is 0 Å². The third-order valence-corrected chi connectivity index (χ3v) is 7.64. The molecule has 3 rings (SSSR count). The number of sulfonamides is 1. The number of aryl methyl sites for hydroxylation is 2. The van der Waals surface area contributed by atoms with Crippen LogP contribution in [0, 0.1) is 13.8 Å². The molecule has 150 valence electrons. The lowest BCUT2D eigenvalue weighted by Crippen LogP contribution is -3.15. The SMILES string of the molecule is Cc1ccc(S(=O)(=O)N2CC[NH+](CC(=O)NN=Cc3sccc3C)CC2)cc1. The zero-order chi connectivity index (χ0) is 20.1. The Bertz CT molecular complexity index is 944. The summed E-state index contributed by atoms with van der Waals surface area (Å²) in [5, 5.41) is 5.99. The Morgan fingerprint density at radius 2 is 1.89 bits per heavy atom. The van der Waals surface area contributed by atoms with Gasteiger partial charge in [-0.15, -0.1) is 11.3 Å². The summed E-state index contributed by atoms with van der Waals surface area (Å²) in [6.07, 6.45) is 1.65. The average Bonchev–Trinajstić information content (AvgIpc) is 3.07. The molecular formula is C19H25N4O3S2+. The lowest BCUT2D eigenvalue weighted by atomic mass is 10.2. The van der Waals surface area contributed by atoms with Crippen molar-refractivity contribution in [1.29, 1.82) is 0 Å². The van der Waals surface area contributed by atoms with Crippen molar-refractivity contribution >= 4 is 33.5 Å². The first-order valence-electron chi connectivity index (χ1n) is 9.12. The largest absolute Gasteiger partial charge is 0.325 e. The number of nitrogens with zero attached hydrogens (tertiary/aromatic N) is 2. The summed E-state index contributed by atoms with van der Waals surface area (Å²) in [6.45, 7) is 6.17. The highest BCUT2D eigenvalue weighted by atomic mass is 32.2. The molecule has 1 fully saturated rings. The molecule has 0 saturated carbocycles. The van der Waals surface area contributed by atoms with E-state index in [0.717, 1.165) is 20.9 Å². The predicted molar refractivity (Wildman–Crippen MR) is 110 cm³/mol. The summed E-state index contributed by atoms with van der Waals surface area (Å²) in [4.78, 5) is 14.5. The summed E-state index contributed by atoms with van der Waals surface area (Å²) in [5.74, 6) is -0.171. The molecule has 0 atom stereocenters. The number of carbonyl (C=O) groups excluding carboxylic acids is 1. The maximum absolute atomic E-state index is 12.7. The molecule has 0 bridgehead atoms. The first kappa shape index (κ1) is 20.7. The number of thiophene rings is 1. The van der Waals surface area contributed by atoms with Gasteiger partial charge in [0.25, 0.3) is 5.91 Å². The summed E-state index contributed by atoms with van der Waals surface area (Å²) < 4.78 is 27.0. The van der Waals surface area contributed by atoms with Crippen LogP contribution in [0.3, 0.4) is 0 Å². The van der Waals surface area contributed by atoms with Gasteiger partial charge in [-0.3, -0.25) is 4.79 Å². The van der Waals surface area contributed by atoms with Crippen molar-refractivity contribution in [3.8, 4) is 0 Å². The molecule has 0 unspecified atom stereocenters. The number of hydrogen-bond acceptors (Lipinski definition) is 5. The first-order valence-corrected chi connectivity index (χ1v) is 11.4. The van der Waals surface area contributed by atoms with Crippen molar-refractivity contribution in [2.75, 3.05) is 32.7 Å². The van der Waals surface area contributed by atoms with Gasteiger partial charge >= 0.3 is 0 Å². The van der Waals surface area contributed by atoms with Gasteiger partial charge in [0.1, 0.15) is 0 Å². The Balaban J connectivity index is 1.48. The Hall–Kier alpha value is -2.07. The molecule has 9 heteroatoms. The number of amides is 1. The van der Waals surface area contributed by atoms with Crippen LogP contribution in [-0.2, 0) is 14.8 Å². The van der Waals surface area contributed by atoms with Gasteiger partial charge in [-0.25, -0.2) is 13.8 Å². The van der Waals surface area contributed by atoms with Crippen molar-refractivity contribution in [2.24, 2.45) is 5.10 Å². The highest BCUT2D eigenvalue weighted by Crippen LogP contribution is 2.16. The van der Waals surface area contributed by atoms with Crippen LogP contribution in [0.4, 0.5) is 0 Å². The number of nitrogens with one attached hydrogen (secondary N) is 2. The predicted octanol–water partition coefficient (Wildman–Crippen LogP) is 0.404. The maximum Gasteiger partial charge on any atom is 0.295 e. The minimum absolute atomic E-state index is 0.171. The van der Waals surface area contributed by atoms with Crippen LogP contribution in [0.15, 0.2) is 45.7 Å². The molecule has 0 radical (unpaired) electrons. The van der Waals surface area contributed by atoms with E-state index in [1.807, 2.05) is 25.3 Å². The van der Waals surface area contributed by atoms with Crippen LogP contribution in [0.2, 0.25) is 0 Å². The minimum Gasteiger partial charge on any atom is -0.325 e. The van der Waals surface area contributed by atoms with E-state index in [9.17, 15) is 13.2 Å². The molecule has 1 aliphatic heterocycles. The lowest BCUT2D eigenvalue weighted by molar-refractivity contribution is -0.895. The first-order chi connectivity index (χ1) is 13.4. The zero-order valence-corrected chi connectivity index (χ0v) is 17.6. The van der Waals surface area contributed by atoms with Gasteiger partial charge in [0.2, 0.25) is 10.0 Å². The standard InChI is InChI=1S/C19H24N4O3S2/c1-15-3-5-17(6-4-15)28(25,26)23-10-8-22(9-11-23)14-19(24)21-20-13-18-16(2)7-12-27-18/h3-7,12-13H,8-11,14H2,1-2H3,(H,21,24)/p+1. The molecule has 1 aromatic heterocycles. The molecule has 1 saturated heterocycles. The van der Waals surface area contributed by atoms with Crippen molar-refractivity contribution in [1.82, 2.24) is 9.73 Å². The number of carbonyl (C=O) groups is 1. The Morgan fingerprint density at radius 3 is 2.50 bits per heavy atom. The lowest BCUT2D eigenvalue weighted by Gasteiger charge is -2.31. The number of hydrazone groups is 1. The van der Waals surface area contributed by atoms with Crippen LogP contribution in [0.1, 0.15) is 16.0 Å². The van der Waals surface area contributed by atoms with Crippen molar-refractivity contribution in [2.45, 2.75) is 18.7 Å². The molecule has 7 nitrogen and oxygen atoms in total. The van der Waals surface area contributed by atoms with Crippen molar-refractivity contribution in [3.05, 3.63) is 51.7 Å². The Morgan fingerprint density at radius 1 is 1.21 bits per heavy atom. The van der Waals surface area contributed by atoms with E-state index in [1.54, 1.807) is 41.8 Å². The van der Waals surface area contributed by atoms with Gasteiger partial charge < -0.3 is 4.90 Å². The maximum atomic E-state index is 12.7. The highest BCUT2D eigenvalue weighted by molar-refractivity contribution is 7.89. The molecule has 1 aliphatic rings. The van der Waals surface area contributed by atoms with Gasteiger partial charge in [0.05, 0.1) is 37.3 Å². The van der Waals surface area contributed by atoms with Gasteiger partial charge in [0.15, 0.2) is 6.54 Å². The third kappa shape index (κ3) is 5.05. The second kappa shape index (κ2) is 8.95. The van der Waals surface area contributed by atoms with Crippen molar-refractivity contribution in [3.63, 3.8) is 0 Å². The molecule has 1 amide bonds. The Kier molecular flexibility index (Phi) is 6.61. The minimum atomic E-state index is -3.48. The van der Waals surface area contributed by atoms with Gasteiger partial charge in [0, 0.05) is 4.88 Å². The second-order valence-corrected chi connectivity index (χ2v) is 9.79. The van der Waals surface area contributed by atoms with E-state index >= 15 is 0 Å². The molecule has 2 N–H and O–H groups in total. The summed E-state index contributed by atoms with van der Waals surface area (Å²) >= 11 is 1.57. The van der Waals surface area contributed by atoms with Crippen LogP contribution in [0.5, 0.6) is 0 Å². The fraction of sp³-hybridized carbons (Fsp3) is 0.368. The second-order valence-electron chi connectivity index (χ2n) is 6.90. The fourth-order valence-electron chi connectivity index (χ4n) is 3.03. The monoisotopic (exact) mass is 421 g/mol. The molecule has 0 spiro atoms. The number of benzene rings is 1. The van der Waals surface area contributed by atoms with E-state index in [1.165, 1.54) is 4.31 Å². The van der Waals surface area contributed by atoms with E-state index in [2.05, 4.69) is 10.5 Å². The van der Waals surface area contributed by atoms with Gasteiger partial charge in [-0.1, -0.05) is 17.7 Å². The molecule has 0 aliphatic carbocycles. The topological polar surface area (TPSA) is 83.3 Å². The molecular weight excluding hydrogens is 396 g/mol. The van der Waals surface area contributed by atoms with E-state index in [4.69, 9.17) is 0 Å². The molecule has 1 aromatic carbocycles. The van der Waals surface area contributed by atoms with E-state index in [-0.39, 0.29) is 12.5 Å². The van der Waals surface area contributed by atoms with Gasteiger partial charge in [-0.05, 0) is 43.0 Å². The van der Waals surface area contributed by atoms with Gasteiger partial charge in [-0.2, -0.15) is 9.41 Å². The summed E-state index contributed by atoms with van der Waals surface area (Å²) in [6, 6.07) is 8.89. The summed E-state index contributed by atoms with van der Waals surface area (Å²) in [7, 11) is -3.48. The smallest absolute Gasteiger partial charge is 0.295 e. The fourth-order valence-corrected chi connectivity index (χ4v) is 5.25. The number of rotatable bonds is 6. The zero-order valence-electron chi connectivity index (χ0n) is 16.0. The third-order valence-electron chi connectivity index (χ3n) is 4.77. The number of piperazine rings is 1. The molecule has 28 heavy (non-hydrogen) atoms. The average molecular weight is 422 g/mol. The van der Waals surface area contributed by atoms with E-state index < -0.39 is 10.0 Å². The van der Waals surface area contributed by atoms with Crippen LogP contribution >= 0.6 is 11.3 Å². The van der Waals surface area contributed by atoms with E-state index in [0.29, 0.717) is 31.1 Å². The molecule has 2 heterocycles. The summed E-state index contributed by atoms with van der Waals surface area (Å²) in [5.41, 5.74) is 4.70.